The number of benzene rings is 2. The van der Waals surface area contributed by atoms with Gasteiger partial charge in [0.25, 0.3) is 11.8 Å². The normalized spacial score (nSPS) is 21.3. The Morgan fingerprint density at radius 1 is 0.844 bits per heavy atom. The number of imide groups is 1. The van der Waals surface area contributed by atoms with E-state index in [1.165, 1.54) is 0 Å². The monoisotopic (exact) mass is 425 g/mol. The standard InChI is InChI=1S/C26H23N3O3/c1-28-13-19(17-6-2-4-8-21(17)28)23-24(26(32)27-25(23)31)20-14-29(15-10-11-16(30)12-15)22-9-5-3-7-18(20)22/h2-9,13-16,30H,10-12H2,1H3,(H,27,31,32)/t15-,16-/m0/s1. The zero-order valence-corrected chi connectivity index (χ0v) is 17.7. The first kappa shape index (κ1) is 19.1. The lowest BCUT2D eigenvalue weighted by Crippen LogP contribution is -2.22. The average Bonchev–Trinajstić information content (AvgIpc) is 3.53. The number of aromatic nitrogens is 2. The van der Waals surface area contributed by atoms with Crippen molar-refractivity contribution in [3.05, 3.63) is 72.1 Å². The molecular formula is C26H23N3O3. The molecule has 2 aliphatic rings. The molecule has 2 aromatic heterocycles. The van der Waals surface area contributed by atoms with E-state index >= 15 is 0 Å². The van der Waals surface area contributed by atoms with Crippen LogP contribution in [-0.4, -0.2) is 32.2 Å². The maximum atomic E-state index is 13.1. The molecular weight excluding hydrogens is 402 g/mol. The molecule has 3 heterocycles. The lowest BCUT2D eigenvalue weighted by Gasteiger charge is -2.13. The first-order valence-electron chi connectivity index (χ1n) is 11.0. The Labute approximate surface area is 184 Å². The third-order valence-electron chi connectivity index (χ3n) is 6.88. The number of carbonyl (C=O) groups is 2. The van der Waals surface area contributed by atoms with Crippen LogP contribution in [0.4, 0.5) is 0 Å². The second-order valence-corrected chi connectivity index (χ2v) is 8.79. The van der Waals surface area contributed by atoms with E-state index < -0.39 is 0 Å². The number of aryl methyl sites for hydroxylation is 1. The zero-order chi connectivity index (χ0) is 22.0. The van der Waals surface area contributed by atoms with Gasteiger partial charge in [0, 0.05) is 58.4 Å². The highest BCUT2D eigenvalue weighted by atomic mass is 16.3. The fourth-order valence-corrected chi connectivity index (χ4v) is 5.40. The summed E-state index contributed by atoms with van der Waals surface area (Å²) in [5.74, 6) is -0.734. The number of aliphatic hydroxyl groups excluding tert-OH is 1. The van der Waals surface area contributed by atoms with E-state index in [0.29, 0.717) is 17.6 Å². The van der Waals surface area contributed by atoms with Crippen molar-refractivity contribution in [1.82, 2.24) is 14.5 Å². The zero-order valence-electron chi connectivity index (χ0n) is 17.7. The largest absolute Gasteiger partial charge is 0.393 e. The van der Waals surface area contributed by atoms with E-state index in [2.05, 4.69) is 9.88 Å². The van der Waals surface area contributed by atoms with Crippen molar-refractivity contribution in [3.63, 3.8) is 0 Å². The van der Waals surface area contributed by atoms with Gasteiger partial charge >= 0.3 is 0 Å². The maximum absolute atomic E-state index is 13.1. The smallest absolute Gasteiger partial charge is 0.259 e. The van der Waals surface area contributed by atoms with Crippen LogP contribution in [0, 0.1) is 0 Å². The van der Waals surface area contributed by atoms with Gasteiger partial charge in [-0.05, 0) is 31.4 Å². The number of hydrogen-bond donors (Lipinski definition) is 2. The predicted octanol–water partition coefficient (Wildman–Crippen LogP) is 3.79. The minimum Gasteiger partial charge on any atom is -0.393 e. The Morgan fingerprint density at radius 3 is 2.09 bits per heavy atom. The van der Waals surface area contributed by atoms with Gasteiger partial charge in [-0.3, -0.25) is 14.9 Å². The van der Waals surface area contributed by atoms with Crippen LogP contribution in [0.3, 0.4) is 0 Å². The summed E-state index contributed by atoms with van der Waals surface area (Å²) in [5.41, 5.74) is 4.37. The van der Waals surface area contributed by atoms with E-state index in [4.69, 9.17) is 0 Å². The molecule has 6 rings (SSSR count). The van der Waals surface area contributed by atoms with Gasteiger partial charge in [-0.2, -0.15) is 0 Å². The number of nitrogens with zero attached hydrogens (tertiary/aromatic N) is 2. The molecule has 2 amide bonds. The summed E-state index contributed by atoms with van der Waals surface area (Å²) < 4.78 is 4.15. The number of amides is 2. The molecule has 0 radical (unpaired) electrons. The Morgan fingerprint density at radius 2 is 1.44 bits per heavy atom. The van der Waals surface area contributed by atoms with Crippen LogP contribution >= 0.6 is 0 Å². The second-order valence-electron chi connectivity index (χ2n) is 8.79. The van der Waals surface area contributed by atoms with E-state index in [9.17, 15) is 14.7 Å². The lowest BCUT2D eigenvalue weighted by molar-refractivity contribution is -0.122. The number of rotatable bonds is 3. The average molecular weight is 425 g/mol. The van der Waals surface area contributed by atoms with Crippen molar-refractivity contribution in [1.29, 1.82) is 0 Å². The van der Waals surface area contributed by atoms with Crippen LogP contribution < -0.4 is 5.32 Å². The molecule has 0 unspecified atom stereocenters. The van der Waals surface area contributed by atoms with Crippen LogP contribution in [0.1, 0.15) is 36.4 Å². The quantitative estimate of drug-likeness (QED) is 0.491. The summed E-state index contributed by atoms with van der Waals surface area (Å²) >= 11 is 0. The van der Waals surface area contributed by atoms with Crippen LogP contribution in [0.15, 0.2) is 60.9 Å². The predicted molar refractivity (Wildman–Crippen MR) is 124 cm³/mol. The molecule has 6 nitrogen and oxygen atoms in total. The molecule has 0 bridgehead atoms. The number of hydrogen-bond acceptors (Lipinski definition) is 3. The molecule has 0 saturated heterocycles. The molecule has 1 aliphatic carbocycles. The molecule has 0 spiro atoms. The summed E-state index contributed by atoms with van der Waals surface area (Å²) in [6, 6.07) is 16.0. The van der Waals surface area contributed by atoms with Crippen molar-refractivity contribution in [2.45, 2.75) is 31.4 Å². The molecule has 2 aromatic carbocycles. The number of carbonyl (C=O) groups excluding carboxylic acids is 2. The molecule has 1 fully saturated rings. The Hall–Kier alpha value is -3.64. The summed E-state index contributed by atoms with van der Waals surface area (Å²) in [4.78, 5) is 26.1. The Bertz CT molecular complexity index is 1460. The number of nitrogens with one attached hydrogen (secondary N) is 1. The van der Waals surface area contributed by atoms with Gasteiger partial charge in [0.05, 0.1) is 17.3 Å². The minimum absolute atomic E-state index is 0.172. The van der Waals surface area contributed by atoms with E-state index in [-0.39, 0.29) is 24.0 Å². The fourth-order valence-electron chi connectivity index (χ4n) is 5.40. The van der Waals surface area contributed by atoms with Crippen LogP contribution in [0.25, 0.3) is 33.0 Å². The first-order chi connectivity index (χ1) is 15.5. The van der Waals surface area contributed by atoms with E-state index in [1.54, 1.807) is 0 Å². The molecule has 32 heavy (non-hydrogen) atoms. The molecule has 2 atom stereocenters. The molecule has 1 aliphatic heterocycles. The number of aliphatic hydroxyl groups is 1. The van der Waals surface area contributed by atoms with Gasteiger partial charge in [-0.1, -0.05) is 36.4 Å². The summed E-state index contributed by atoms with van der Waals surface area (Å²) in [7, 11) is 1.94. The number of para-hydroxylation sites is 2. The Kier molecular flexibility index (Phi) is 4.13. The van der Waals surface area contributed by atoms with Crippen molar-refractivity contribution >= 4 is 44.8 Å². The third kappa shape index (κ3) is 2.69. The molecule has 6 heteroatoms. The van der Waals surface area contributed by atoms with Gasteiger partial charge in [0.15, 0.2) is 0 Å². The highest BCUT2D eigenvalue weighted by Gasteiger charge is 2.36. The molecule has 2 N–H and O–H groups in total. The highest BCUT2D eigenvalue weighted by Crippen LogP contribution is 2.41. The van der Waals surface area contributed by atoms with Gasteiger partial charge < -0.3 is 14.2 Å². The van der Waals surface area contributed by atoms with Crippen molar-refractivity contribution < 1.29 is 14.7 Å². The summed E-state index contributed by atoms with van der Waals surface area (Å²) in [6.07, 6.45) is 5.97. The van der Waals surface area contributed by atoms with Crippen LogP contribution in [-0.2, 0) is 16.6 Å². The summed E-state index contributed by atoms with van der Waals surface area (Å²) in [6.45, 7) is 0. The van der Waals surface area contributed by atoms with Gasteiger partial charge in [-0.25, -0.2) is 0 Å². The first-order valence-corrected chi connectivity index (χ1v) is 11.0. The fraction of sp³-hybridized carbons (Fsp3) is 0.231. The summed E-state index contributed by atoms with van der Waals surface area (Å²) in [5, 5.41) is 14.5. The lowest BCUT2D eigenvalue weighted by atomic mass is 9.95. The van der Waals surface area contributed by atoms with Crippen molar-refractivity contribution in [2.24, 2.45) is 7.05 Å². The van der Waals surface area contributed by atoms with Gasteiger partial charge in [0.1, 0.15) is 0 Å². The van der Waals surface area contributed by atoms with Gasteiger partial charge in [0.2, 0.25) is 0 Å². The molecule has 4 aromatic rings. The highest BCUT2D eigenvalue weighted by molar-refractivity contribution is 6.50. The maximum Gasteiger partial charge on any atom is 0.259 e. The third-order valence-corrected chi connectivity index (χ3v) is 6.88. The van der Waals surface area contributed by atoms with Gasteiger partial charge in [-0.15, -0.1) is 0 Å². The minimum atomic E-state index is -0.368. The molecule has 160 valence electrons. The van der Waals surface area contributed by atoms with Crippen molar-refractivity contribution in [2.75, 3.05) is 0 Å². The van der Waals surface area contributed by atoms with Crippen LogP contribution in [0.2, 0.25) is 0 Å². The van der Waals surface area contributed by atoms with E-state index in [0.717, 1.165) is 45.8 Å². The van der Waals surface area contributed by atoms with E-state index in [1.807, 2.05) is 72.5 Å². The SMILES string of the molecule is Cn1cc(C2=C(c3cn([C@H]4CC[C@H](O)C4)c4ccccc34)C(=O)NC2=O)c2ccccc21. The second kappa shape index (κ2) is 6.93. The number of fused-ring (bicyclic) bond motifs is 2. The Balaban J connectivity index is 1.63. The van der Waals surface area contributed by atoms with Crippen molar-refractivity contribution in [3.8, 4) is 0 Å². The molecule has 1 saturated carbocycles. The topological polar surface area (TPSA) is 76.3 Å². The van der Waals surface area contributed by atoms with Crippen LogP contribution in [0.5, 0.6) is 0 Å².